The minimum Gasteiger partial charge on any atom is -0.492 e. The van der Waals surface area contributed by atoms with Gasteiger partial charge in [-0.05, 0) is 6.07 Å². The normalized spacial score (nSPS) is 11.6. The molecule has 0 bridgehead atoms. The number of halogens is 2. The van der Waals surface area contributed by atoms with E-state index in [9.17, 15) is 8.42 Å². The van der Waals surface area contributed by atoms with Crippen LogP contribution < -0.4 is 9.88 Å². The number of hydrogen-bond acceptors (Lipinski definition) is 4. The first-order valence-electron chi connectivity index (χ1n) is 5.90. The zero-order valence-electron chi connectivity index (χ0n) is 11.1. The molecule has 1 aromatic heterocycles. The number of hydrogen-bond donors (Lipinski definition) is 1. The van der Waals surface area contributed by atoms with Crippen LogP contribution >= 0.6 is 23.2 Å². The minimum atomic E-state index is -3.92. The number of rotatable bonds is 5. The summed E-state index contributed by atoms with van der Waals surface area (Å²) in [5, 5.41) is 5.13. The van der Waals surface area contributed by atoms with Crippen LogP contribution in [0.3, 0.4) is 0 Å². The first-order chi connectivity index (χ1) is 9.79. The number of sulfonamides is 1. The van der Waals surface area contributed by atoms with Crippen LogP contribution in [0.15, 0.2) is 29.4 Å². The summed E-state index contributed by atoms with van der Waals surface area (Å²) in [6.07, 6.45) is 4.11. The summed E-state index contributed by atoms with van der Waals surface area (Å²) < 4.78 is 30.0. The summed E-state index contributed by atoms with van der Waals surface area (Å²) in [6, 6.07) is 2.51. The highest BCUT2D eigenvalue weighted by atomic mass is 35.5. The van der Waals surface area contributed by atoms with E-state index >= 15 is 0 Å². The summed E-state index contributed by atoms with van der Waals surface area (Å²) in [5.41, 5.74) is 0. The van der Waals surface area contributed by atoms with Gasteiger partial charge in [-0.3, -0.25) is 0 Å². The van der Waals surface area contributed by atoms with Crippen LogP contribution in [0.25, 0.3) is 0 Å². The molecule has 0 spiro atoms. The molecule has 2 rings (SSSR count). The molecule has 9 heteroatoms. The van der Waals surface area contributed by atoms with Gasteiger partial charge in [0.15, 0.2) is 0 Å². The molecule has 0 aliphatic carbocycles. The van der Waals surface area contributed by atoms with Crippen LogP contribution in [0, 0.1) is 0 Å². The molecule has 0 amide bonds. The van der Waals surface area contributed by atoms with Gasteiger partial charge in [-0.2, -0.15) is 0 Å². The molecule has 0 aliphatic rings. The lowest BCUT2D eigenvalue weighted by molar-refractivity contribution is 0.317. The predicted octanol–water partition coefficient (Wildman–Crippen LogP) is 2.00. The average molecular weight is 350 g/mol. The van der Waals surface area contributed by atoms with Crippen LogP contribution in [0.4, 0.5) is 0 Å². The molecule has 1 heterocycles. The molecule has 2 N–H and O–H groups in total. The zero-order chi connectivity index (χ0) is 15.6. The molecular formula is C12H13Cl2N3O3S. The van der Waals surface area contributed by atoms with E-state index < -0.39 is 10.0 Å². The molecule has 2 aromatic rings. The van der Waals surface area contributed by atoms with Crippen molar-refractivity contribution in [1.82, 2.24) is 9.55 Å². The maximum Gasteiger partial charge on any atom is 0.239 e. The van der Waals surface area contributed by atoms with Gasteiger partial charge in [0.05, 0.1) is 16.7 Å². The monoisotopic (exact) mass is 349 g/mol. The first kappa shape index (κ1) is 16.1. The van der Waals surface area contributed by atoms with Crippen molar-refractivity contribution < 1.29 is 13.2 Å². The van der Waals surface area contributed by atoms with Crippen LogP contribution in [0.5, 0.6) is 5.75 Å². The topological polar surface area (TPSA) is 87.2 Å². The lowest BCUT2D eigenvalue weighted by Crippen LogP contribution is -2.13. The van der Waals surface area contributed by atoms with Crippen LogP contribution in [-0.2, 0) is 23.5 Å². The SMILES string of the molecule is Cn1ccnc1CCOc1cc(Cl)c(S(N)(=O)=O)cc1Cl. The quantitative estimate of drug-likeness (QED) is 0.893. The van der Waals surface area contributed by atoms with E-state index in [1.54, 1.807) is 6.20 Å². The number of benzene rings is 1. The lowest BCUT2D eigenvalue weighted by Gasteiger charge is -2.10. The Morgan fingerprint density at radius 2 is 2.05 bits per heavy atom. The second-order valence-electron chi connectivity index (χ2n) is 4.31. The smallest absolute Gasteiger partial charge is 0.239 e. The van der Waals surface area contributed by atoms with E-state index in [0.717, 1.165) is 5.82 Å². The second kappa shape index (κ2) is 6.23. The van der Waals surface area contributed by atoms with E-state index in [-0.39, 0.29) is 14.9 Å². The Morgan fingerprint density at radius 3 is 2.62 bits per heavy atom. The highest BCUT2D eigenvalue weighted by Gasteiger charge is 2.17. The van der Waals surface area contributed by atoms with Crippen molar-refractivity contribution in [2.24, 2.45) is 12.2 Å². The molecule has 114 valence electrons. The van der Waals surface area contributed by atoms with Crippen molar-refractivity contribution in [1.29, 1.82) is 0 Å². The molecule has 21 heavy (non-hydrogen) atoms. The van der Waals surface area contributed by atoms with E-state index in [4.69, 9.17) is 33.1 Å². The molecule has 0 radical (unpaired) electrons. The van der Waals surface area contributed by atoms with Crippen molar-refractivity contribution in [3.63, 3.8) is 0 Å². The lowest BCUT2D eigenvalue weighted by atomic mass is 10.3. The summed E-state index contributed by atoms with van der Waals surface area (Å²) in [6.45, 7) is 0.329. The van der Waals surface area contributed by atoms with Gasteiger partial charge in [0.1, 0.15) is 16.5 Å². The number of nitrogens with two attached hydrogens (primary N) is 1. The number of aromatic nitrogens is 2. The van der Waals surface area contributed by atoms with Gasteiger partial charge in [-0.25, -0.2) is 18.5 Å². The highest BCUT2D eigenvalue weighted by molar-refractivity contribution is 7.89. The number of nitrogens with zero attached hydrogens (tertiary/aromatic N) is 2. The van der Waals surface area contributed by atoms with E-state index in [0.29, 0.717) is 18.8 Å². The van der Waals surface area contributed by atoms with Gasteiger partial charge in [-0.1, -0.05) is 23.2 Å². The third kappa shape index (κ3) is 3.88. The van der Waals surface area contributed by atoms with Crippen molar-refractivity contribution >= 4 is 33.2 Å². The Morgan fingerprint density at radius 1 is 1.33 bits per heavy atom. The first-order valence-corrected chi connectivity index (χ1v) is 8.20. The summed E-state index contributed by atoms with van der Waals surface area (Å²) >= 11 is 11.9. The van der Waals surface area contributed by atoms with Gasteiger partial charge in [0, 0.05) is 31.9 Å². The van der Waals surface area contributed by atoms with Crippen LogP contribution in [0.1, 0.15) is 5.82 Å². The van der Waals surface area contributed by atoms with E-state index in [2.05, 4.69) is 4.98 Å². The molecular weight excluding hydrogens is 337 g/mol. The average Bonchev–Trinajstić information content (AvgIpc) is 2.77. The van der Waals surface area contributed by atoms with Gasteiger partial charge in [0.2, 0.25) is 10.0 Å². The molecule has 0 unspecified atom stereocenters. The fraction of sp³-hybridized carbons (Fsp3) is 0.250. The predicted molar refractivity (Wildman–Crippen MR) is 80.2 cm³/mol. The second-order valence-corrected chi connectivity index (χ2v) is 6.66. The molecule has 0 atom stereocenters. The van der Waals surface area contributed by atoms with Crippen molar-refractivity contribution in [2.75, 3.05) is 6.61 Å². The summed E-state index contributed by atoms with van der Waals surface area (Å²) in [5.74, 6) is 1.15. The van der Waals surface area contributed by atoms with Crippen molar-refractivity contribution in [3.05, 3.63) is 40.4 Å². The Bertz CT molecular complexity index is 759. The molecule has 0 saturated heterocycles. The summed E-state index contributed by atoms with van der Waals surface area (Å²) in [7, 11) is -2.04. The minimum absolute atomic E-state index is 0.0334. The highest BCUT2D eigenvalue weighted by Crippen LogP contribution is 2.33. The molecule has 6 nitrogen and oxygen atoms in total. The van der Waals surface area contributed by atoms with Crippen LogP contribution in [0.2, 0.25) is 10.0 Å². The van der Waals surface area contributed by atoms with E-state index in [1.807, 2.05) is 17.8 Å². The Kier molecular flexibility index (Phi) is 4.77. The zero-order valence-corrected chi connectivity index (χ0v) is 13.4. The fourth-order valence-corrected chi connectivity index (χ4v) is 3.10. The van der Waals surface area contributed by atoms with Gasteiger partial charge < -0.3 is 9.30 Å². The molecule has 0 fully saturated rings. The maximum absolute atomic E-state index is 11.3. The maximum atomic E-state index is 11.3. The number of aryl methyl sites for hydroxylation is 1. The van der Waals surface area contributed by atoms with Crippen molar-refractivity contribution in [3.8, 4) is 5.75 Å². The van der Waals surface area contributed by atoms with Gasteiger partial charge in [0.25, 0.3) is 0 Å². The molecule has 1 aromatic carbocycles. The van der Waals surface area contributed by atoms with E-state index in [1.165, 1.54) is 12.1 Å². The number of imidazole rings is 1. The van der Waals surface area contributed by atoms with Crippen LogP contribution in [-0.4, -0.2) is 24.6 Å². The Labute approximate surface area is 132 Å². The van der Waals surface area contributed by atoms with Gasteiger partial charge >= 0.3 is 0 Å². The Hall–Kier alpha value is -1.28. The Balaban J connectivity index is 2.11. The fourth-order valence-electron chi connectivity index (χ4n) is 1.73. The molecule has 0 saturated carbocycles. The largest absolute Gasteiger partial charge is 0.492 e. The third-order valence-electron chi connectivity index (χ3n) is 2.80. The van der Waals surface area contributed by atoms with Gasteiger partial charge in [-0.15, -0.1) is 0 Å². The summed E-state index contributed by atoms with van der Waals surface area (Å²) in [4.78, 5) is 3.93. The molecule has 0 aliphatic heterocycles. The number of primary sulfonamides is 1. The number of ether oxygens (including phenoxy) is 1. The standard InChI is InChI=1S/C12H13Cl2N3O3S/c1-17-4-3-16-12(17)2-5-20-10-6-9(14)11(7-8(10)13)21(15,18)19/h3-4,6-7H,2,5H2,1H3,(H2,15,18,19). The van der Waals surface area contributed by atoms with Crippen molar-refractivity contribution in [2.45, 2.75) is 11.3 Å². The third-order valence-corrected chi connectivity index (χ3v) is 4.47.